The van der Waals surface area contributed by atoms with E-state index in [9.17, 15) is 8.42 Å². The third kappa shape index (κ3) is 2.79. The molecule has 1 aromatic heterocycles. The summed E-state index contributed by atoms with van der Waals surface area (Å²) in [5, 5.41) is 5.03. The highest BCUT2D eigenvalue weighted by Crippen LogP contribution is 2.18. The first-order valence-electron chi connectivity index (χ1n) is 6.32. The first-order chi connectivity index (χ1) is 8.95. The third-order valence-corrected chi connectivity index (χ3v) is 5.42. The summed E-state index contributed by atoms with van der Waals surface area (Å²) in [5.41, 5.74) is 7.40. The summed E-state index contributed by atoms with van der Waals surface area (Å²) >= 11 is 0. The van der Waals surface area contributed by atoms with E-state index >= 15 is 0 Å². The fraction of sp³-hybridized carbons (Fsp3) is 0.462. The number of fused-ring (bicyclic) bond motifs is 1. The number of nitrogens with two attached hydrogens (primary N) is 1. The lowest BCUT2D eigenvalue weighted by Crippen LogP contribution is -2.21. The molecule has 104 valence electrons. The molecule has 0 amide bonds. The highest BCUT2D eigenvalue weighted by Gasteiger charge is 2.17. The van der Waals surface area contributed by atoms with Gasteiger partial charge in [0.25, 0.3) is 0 Å². The number of benzene rings is 1. The van der Waals surface area contributed by atoms with Crippen LogP contribution in [-0.2, 0) is 22.9 Å². The van der Waals surface area contributed by atoms with Crippen molar-refractivity contribution in [1.29, 1.82) is 0 Å². The summed E-state index contributed by atoms with van der Waals surface area (Å²) in [4.78, 5) is 0. The second-order valence-electron chi connectivity index (χ2n) is 4.81. The second-order valence-corrected chi connectivity index (χ2v) is 7.48. The van der Waals surface area contributed by atoms with Crippen LogP contribution in [0.5, 0.6) is 0 Å². The SMILES string of the molecule is CC(C)S(=O)(=O)CCn1nc(CN)c2ccccc21. The van der Waals surface area contributed by atoms with Gasteiger partial charge >= 0.3 is 0 Å². The molecule has 5 nitrogen and oxygen atoms in total. The van der Waals surface area contributed by atoms with Gasteiger partial charge < -0.3 is 5.73 Å². The highest BCUT2D eigenvalue weighted by atomic mass is 32.2. The van der Waals surface area contributed by atoms with Crippen molar-refractivity contribution in [2.24, 2.45) is 5.73 Å². The molecule has 1 heterocycles. The molecule has 0 atom stereocenters. The summed E-state index contributed by atoms with van der Waals surface area (Å²) < 4.78 is 25.4. The van der Waals surface area contributed by atoms with Crippen molar-refractivity contribution in [3.63, 3.8) is 0 Å². The molecule has 0 bridgehead atoms. The van der Waals surface area contributed by atoms with Crippen molar-refractivity contribution < 1.29 is 8.42 Å². The minimum Gasteiger partial charge on any atom is -0.325 e. The Hall–Kier alpha value is -1.40. The van der Waals surface area contributed by atoms with Crippen LogP contribution in [0.2, 0.25) is 0 Å². The zero-order valence-corrected chi connectivity index (χ0v) is 12.0. The molecule has 1 aromatic carbocycles. The maximum absolute atomic E-state index is 11.9. The van der Waals surface area contributed by atoms with Crippen LogP contribution in [0.3, 0.4) is 0 Å². The van der Waals surface area contributed by atoms with Crippen molar-refractivity contribution in [1.82, 2.24) is 9.78 Å². The molecule has 0 aliphatic rings. The summed E-state index contributed by atoms with van der Waals surface area (Å²) in [7, 11) is -3.05. The standard InChI is InChI=1S/C13H19N3O2S/c1-10(2)19(17,18)8-7-16-13-6-4-3-5-11(13)12(9-14)15-16/h3-6,10H,7-9,14H2,1-2H3. The van der Waals surface area contributed by atoms with E-state index in [1.165, 1.54) is 0 Å². The normalized spacial score (nSPS) is 12.4. The average Bonchev–Trinajstić information content (AvgIpc) is 2.74. The maximum atomic E-state index is 11.9. The Morgan fingerprint density at radius 1 is 1.32 bits per heavy atom. The van der Waals surface area contributed by atoms with Gasteiger partial charge in [0.15, 0.2) is 9.84 Å². The Kier molecular flexibility index (Phi) is 3.91. The van der Waals surface area contributed by atoms with E-state index < -0.39 is 9.84 Å². The van der Waals surface area contributed by atoms with Crippen LogP contribution in [0.15, 0.2) is 24.3 Å². The number of hydrogen-bond acceptors (Lipinski definition) is 4. The number of para-hydroxylation sites is 1. The van der Waals surface area contributed by atoms with E-state index in [1.54, 1.807) is 18.5 Å². The zero-order valence-electron chi connectivity index (χ0n) is 11.2. The van der Waals surface area contributed by atoms with Gasteiger partial charge in [-0.15, -0.1) is 0 Å². The quantitative estimate of drug-likeness (QED) is 0.896. The minimum absolute atomic E-state index is 0.0976. The monoisotopic (exact) mass is 281 g/mol. The molecule has 6 heteroatoms. The second kappa shape index (κ2) is 5.30. The van der Waals surface area contributed by atoms with Crippen LogP contribution < -0.4 is 5.73 Å². The van der Waals surface area contributed by atoms with E-state index in [2.05, 4.69) is 5.10 Å². The van der Waals surface area contributed by atoms with Crippen LogP contribution in [-0.4, -0.2) is 29.2 Å². The van der Waals surface area contributed by atoms with E-state index in [4.69, 9.17) is 5.73 Å². The van der Waals surface area contributed by atoms with Gasteiger partial charge in [-0.25, -0.2) is 8.42 Å². The molecule has 2 N–H and O–H groups in total. The molecule has 2 rings (SSSR count). The topological polar surface area (TPSA) is 78.0 Å². The van der Waals surface area contributed by atoms with Crippen molar-refractivity contribution in [3.05, 3.63) is 30.0 Å². The van der Waals surface area contributed by atoms with Crippen molar-refractivity contribution in [2.75, 3.05) is 5.75 Å². The molecule has 0 aliphatic carbocycles. The molecule has 0 radical (unpaired) electrons. The molecule has 0 saturated heterocycles. The van der Waals surface area contributed by atoms with E-state index in [1.807, 2.05) is 24.3 Å². The van der Waals surface area contributed by atoms with E-state index in [-0.39, 0.29) is 11.0 Å². The molecular formula is C13H19N3O2S. The van der Waals surface area contributed by atoms with Crippen LogP contribution in [0.4, 0.5) is 0 Å². The number of aromatic nitrogens is 2. The molecule has 0 fully saturated rings. The maximum Gasteiger partial charge on any atom is 0.154 e. The number of hydrogen-bond donors (Lipinski definition) is 1. The van der Waals surface area contributed by atoms with Crippen LogP contribution in [0.1, 0.15) is 19.5 Å². The largest absolute Gasteiger partial charge is 0.325 e. The van der Waals surface area contributed by atoms with Crippen LogP contribution >= 0.6 is 0 Å². The predicted octanol–water partition coefficient (Wildman–Crippen LogP) is 1.32. The van der Waals surface area contributed by atoms with Gasteiger partial charge in [-0.05, 0) is 19.9 Å². The van der Waals surface area contributed by atoms with E-state index in [0.717, 1.165) is 16.6 Å². The lowest BCUT2D eigenvalue weighted by molar-refractivity contribution is 0.574. The van der Waals surface area contributed by atoms with Gasteiger partial charge in [-0.2, -0.15) is 5.10 Å². The van der Waals surface area contributed by atoms with Gasteiger partial charge in [0.1, 0.15) is 0 Å². The summed E-state index contributed by atoms with van der Waals surface area (Å²) in [5.74, 6) is 0.0976. The molecule has 0 spiro atoms. The van der Waals surface area contributed by atoms with Gasteiger partial charge in [-0.1, -0.05) is 18.2 Å². The first kappa shape index (κ1) is 14.0. The summed E-state index contributed by atoms with van der Waals surface area (Å²) in [6, 6.07) is 7.73. The molecule has 0 aliphatic heterocycles. The van der Waals surface area contributed by atoms with Gasteiger partial charge in [0, 0.05) is 11.9 Å². The Labute approximate surface area is 113 Å². The Morgan fingerprint density at radius 2 is 2.00 bits per heavy atom. The number of aryl methyl sites for hydroxylation is 1. The predicted molar refractivity (Wildman–Crippen MR) is 76.5 cm³/mol. The summed E-state index contributed by atoms with van der Waals surface area (Å²) in [6.07, 6.45) is 0. The number of nitrogens with zero attached hydrogens (tertiary/aromatic N) is 2. The van der Waals surface area contributed by atoms with E-state index in [0.29, 0.717) is 13.1 Å². The molecular weight excluding hydrogens is 262 g/mol. The zero-order chi connectivity index (χ0) is 14.0. The lowest BCUT2D eigenvalue weighted by Gasteiger charge is -2.08. The molecule has 2 aromatic rings. The third-order valence-electron chi connectivity index (χ3n) is 3.23. The van der Waals surface area contributed by atoms with Gasteiger partial charge in [0.2, 0.25) is 0 Å². The smallest absolute Gasteiger partial charge is 0.154 e. The van der Waals surface area contributed by atoms with Gasteiger partial charge in [-0.3, -0.25) is 4.68 Å². The fourth-order valence-corrected chi connectivity index (χ4v) is 2.87. The molecule has 0 unspecified atom stereocenters. The highest BCUT2D eigenvalue weighted by molar-refractivity contribution is 7.91. The molecule has 0 saturated carbocycles. The fourth-order valence-electron chi connectivity index (χ4n) is 1.97. The van der Waals surface area contributed by atoms with Crippen LogP contribution in [0, 0.1) is 0 Å². The van der Waals surface area contributed by atoms with Crippen molar-refractivity contribution in [3.8, 4) is 0 Å². The van der Waals surface area contributed by atoms with Crippen LogP contribution in [0.25, 0.3) is 10.9 Å². The Bertz CT molecular complexity index is 674. The lowest BCUT2D eigenvalue weighted by atomic mass is 10.2. The minimum atomic E-state index is -3.05. The Balaban J connectivity index is 2.32. The molecule has 19 heavy (non-hydrogen) atoms. The first-order valence-corrected chi connectivity index (χ1v) is 8.03. The van der Waals surface area contributed by atoms with Gasteiger partial charge in [0.05, 0.1) is 28.8 Å². The number of rotatable bonds is 5. The van der Waals surface area contributed by atoms with Crippen molar-refractivity contribution >= 4 is 20.7 Å². The van der Waals surface area contributed by atoms with Crippen molar-refractivity contribution in [2.45, 2.75) is 32.2 Å². The summed E-state index contributed by atoms with van der Waals surface area (Å²) in [6.45, 7) is 4.11. The average molecular weight is 281 g/mol. The Morgan fingerprint density at radius 3 is 2.63 bits per heavy atom. The number of sulfone groups is 1.